The molecule has 2 N–H and O–H groups in total. The molecule has 4 nitrogen and oxygen atoms in total. The first-order valence-electron chi connectivity index (χ1n) is 7.77. The van der Waals surface area contributed by atoms with Gasteiger partial charge >= 0.3 is 0 Å². The van der Waals surface area contributed by atoms with E-state index in [-0.39, 0.29) is 17.7 Å². The molecule has 1 unspecified atom stereocenters. The molecule has 4 heteroatoms. The van der Waals surface area contributed by atoms with Crippen LogP contribution in [0.5, 0.6) is 0 Å². The van der Waals surface area contributed by atoms with E-state index in [2.05, 4.69) is 36.6 Å². The molecule has 1 saturated carbocycles. The van der Waals surface area contributed by atoms with E-state index in [0.29, 0.717) is 18.8 Å². The number of piperidine rings is 2. The van der Waals surface area contributed by atoms with Gasteiger partial charge < -0.3 is 5.32 Å². The smallest absolute Gasteiger partial charge is 0.252 e. The summed E-state index contributed by atoms with van der Waals surface area (Å²) in [6.07, 6.45) is 3.60. The van der Waals surface area contributed by atoms with Crippen molar-refractivity contribution in [2.24, 2.45) is 5.92 Å². The largest absolute Gasteiger partial charge is 0.371 e. The van der Waals surface area contributed by atoms with Crippen molar-refractivity contribution >= 4 is 17.5 Å². The van der Waals surface area contributed by atoms with Crippen molar-refractivity contribution < 1.29 is 9.59 Å². The second kappa shape index (κ2) is 5.17. The Kier molecular flexibility index (Phi) is 3.47. The predicted octanol–water partition coefficient (Wildman–Crippen LogP) is 2.81. The summed E-state index contributed by atoms with van der Waals surface area (Å²) in [5, 5.41) is 5.77. The number of fused-ring (bicyclic) bond motifs is 2. The number of amides is 2. The van der Waals surface area contributed by atoms with Crippen LogP contribution in [0.1, 0.15) is 51.0 Å². The van der Waals surface area contributed by atoms with Crippen molar-refractivity contribution in [3.63, 3.8) is 0 Å². The van der Waals surface area contributed by atoms with E-state index in [9.17, 15) is 9.59 Å². The molecule has 2 aliphatic heterocycles. The summed E-state index contributed by atoms with van der Waals surface area (Å²) in [5.41, 5.74) is 1.70. The number of hydrogen-bond acceptors (Lipinski definition) is 3. The highest BCUT2D eigenvalue weighted by Gasteiger charge is 2.57. The number of carbonyl (C=O) groups excluding carboxylic acids is 2. The van der Waals surface area contributed by atoms with E-state index in [1.165, 1.54) is 18.4 Å². The molecule has 0 spiro atoms. The van der Waals surface area contributed by atoms with Gasteiger partial charge in [0, 0.05) is 11.6 Å². The third kappa shape index (κ3) is 2.43. The molecule has 0 aromatic heterocycles. The van der Waals surface area contributed by atoms with Gasteiger partial charge in [-0.15, -0.1) is 0 Å². The minimum atomic E-state index is -0.574. The molecule has 1 aromatic carbocycles. The highest BCUT2D eigenvalue weighted by Crippen LogP contribution is 2.44. The maximum absolute atomic E-state index is 12.0. The summed E-state index contributed by atoms with van der Waals surface area (Å²) in [5.74, 6) is 0.260. The fourth-order valence-corrected chi connectivity index (χ4v) is 3.42. The van der Waals surface area contributed by atoms with Crippen molar-refractivity contribution in [1.82, 2.24) is 5.32 Å². The van der Waals surface area contributed by atoms with Crippen molar-refractivity contribution in [3.8, 4) is 0 Å². The quantitative estimate of drug-likeness (QED) is 0.818. The molecule has 21 heavy (non-hydrogen) atoms. The molecule has 3 fully saturated rings. The second-order valence-electron chi connectivity index (χ2n) is 6.44. The number of benzene rings is 1. The Morgan fingerprint density at radius 1 is 1.29 bits per heavy atom. The van der Waals surface area contributed by atoms with Crippen LogP contribution in [0.4, 0.5) is 5.69 Å². The van der Waals surface area contributed by atoms with Crippen LogP contribution in [0, 0.1) is 5.92 Å². The topological polar surface area (TPSA) is 58.2 Å². The lowest BCUT2D eigenvalue weighted by atomic mass is 9.64. The number of imide groups is 1. The minimum absolute atomic E-state index is 0.000880. The van der Waals surface area contributed by atoms with Crippen LogP contribution in [0.3, 0.4) is 0 Å². The Labute approximate surface area is 125 Å². The fraction of sp³-hybridized carbons (Fsp3) is 0.529. The lowest BCUT2D eigenvalue weighted by Gasteiger charge is -2.50. The number of rotatable bonds is 5. The molecule has 1 aromatic rings. The van der Waals surface area contributed by atoms with Crippen LogP contribution < -0.4 is 10.6 Å². The number of nitrogens with one attached hydrogen (secondary N) is 2. The van der Waals surface area contributed by atoms with E-state index < -0.39 is 5.54 Å². The molecule has 4 rings (SSSR count). The Balaban J connectivity index is 1.69. The van der Waals surface area contributed by atoms with Crippen LogP contribution in [-0.4, -0.2) is 17.4 Å². The summed E-state index contributed by atoms with van der Waals surface area (Å²) in [7, 11) is 0. The van der Waals surface area contributed by atoms with Gasteiger partial charge in [-0.3, -0.25) is 14.9 Å². The molecule has 2 saturated heterocycles. The van der Waals surface area contributed by atoms with Crippen molar-refractivity contribution in [2.45, 2.75) is 51.0 Å². The van der Waals surface area contributed by atoms with Gasteiger partial charge in [-0.25, -0.2) is 0 Å². The van der Waals surface area contributed by atoms with Crippen LogP contribution in [0.25, 0.3) is 0 Å². The molecule has 0 radical (unpaired) electrons. The highest BCUT2D eigenvalue weighted by molar-refractivity contribution is 6.08. The van der Waals surface area contributed by atoms with E-state index >= 15 is 0 Å². The average molecular weight is 286 g/mol. The molecule has 112 valence electrons. The van der Waals surface area contributed by atoms with E-state index in [4.69, 9.17) is 0 Å². The van der Waals surface area contributed by atoms with Crippen LogP contribution >= 0.6 is 0 Å². The van der Waals surface area contributed by atoms with Crippen LogP contribution in [-0.2, 0) is 9.59 Å². The van der Waals surface area contributed by atoms with E-state index in [0.717, 1.165) is 5.69 Å². The number of hydrogen-bond donors (Lipinski definition) is 2. The Morgan fingerprint density at radius 3 is 2.52 bits per heavy atom. The van der Waals surface area contributed by atoms with Gasteiger partial charge in [-0.1, -0.05) is 32.4 Å². The standard InChI is InChI=1S/C17H22N2O2/c1-3-4-11(2)12-5-7-14(8-6-12)19-17-9-13(10-17)15(20)18-16(17)21/h5-8,11,13,19H,3-4,9-10H2,1-2H3,(H,18,20,21). The van der Waals surface area contributed by atoms with Crippen molar-refractivity contribution in [3.05, 3.63) is 29.8 Å². The molecule has 1 atom stereocenters. The van der Waals surface area contributed by atoms with Gasteiger partial charge in [-0.2, -0.15) is 0 Å². The van der Waals surface area contributed by atoms with Crippen molar-refractivity contribution in [2.75, 3.05) is 5.32 Å². The SMILES string of the molecule is CCCC(C)c1ccc(NC23CC(C2)C(=O)NC3=O)cc1. The van der Waals surface area contributed by atoms with Crippen molar-refractivity contribution in [1.29, 1.82) is 0 Å². The fourth-order valence-electron chi connectivity index (χ4n) is 3.42. The molecule has 2 heterocycles. The molecule has 3 aliphatic rings. The number of anilines is 1. The summed E-state index contributed by atoms with van der Waals surface area (Å²) >= 11 is 0. The van der Waals surface area contributed by atoms with Crippen LogP contribution in [0.2, 0.25) is 0 Å². The molecule has 2 bridgehead atoms. The minimum Gasteiger partial charge on any atom is -0.371 e. The molecule has 1 aliphatic carbocycles. The normalized spacial score (nSPS) is 28.6. The lowest BCUT2D eigenvalue weighted by molar-refractivity contribution is -0.148. The third-order valence-corrected chi connectivity index (χ3v) is 4.82. The lowest BCUT2D eigenvalue weighted by Crippen LogP contribution is -2.69. The zero-order valence-electron chi connectivity index (χ0n) is 12.6. The van der Waals surface area contributed by atoms with Gasteiger partial charge in [0.15, 0.2) is 0 Å². The first-order chi connectivity index (χ1) is 10.0. The maximum Gasteiger partial charge on any atom is 0.252 e. The molecular weight excluding hydrogens is 264 g/mol. The Bertz CT molecular complexity index is 559. The Morgan fingerprint density at radius 2 is 1.95 bits per heavy atom. The summed E-state index contributed by atoms with van der Waals surface area (Å²) in [6, 6.07) is 8.32. The predicted molar refractivity (Wildman–Crippen MR) is 82.0 cm³/mol. The van der Waals surface area contributed by atoms with Gasteiger partial charge in [0.25, 0.3) is 5.91 Å². The van der Waals surface area contributed by atoms with Gasteiger partial charge in [0.1, 0.15) is 5.54 Å². The van der Waals surface area contributed by atoms with E-state index in [1.54, 1.807) is 0 Å². The summed E-state index contributed by atoms with van der Waals surface area (Å²) in [6.45, 7) is 4.43. The Hall–Kier alpha value is -1.84. The van der Waals surface area contributed by atoms with Crippen LogP contribution in [0.15, 0.2) is 24.3 Å². The first-order valence-corrected chi connectivity index (χ1v) is 7.77. The third-order valence-electron chi connectivity index (χ3n) is 4.82. The average Bonchev–Trinajstić information content (AvgIpc) is 2.41. The van der Waals surface area contributed by atoms with Gasteiger partial charge in [0.05, 0.1) is 0 Å². The van der Waals surface area contributed by atoms with E-state index in [1.807, 2.05) is 12.1 Å². The van der Waals surface area contributed by atoms with Gasteiger partial charge in [0.2, 0.25) is 5.91 Å². The number of carbonyl (C=O) groups is 2. The molecular formula is C17H22N2O2. The summed E-state index contributed by atoms with van der Waals surface area (Å²) in [4.78, 5) is 23.5. The monoisotopic (exact) mass is 286 g/mol. The zero-order valence-corrected chi connectivity index (χ0v) is 12.6. The zero-order chi connectivity index (χ0) is 15.0. The maximum atomic E-state index is 12.0. The second-order valence-corrected chi connectivity index (χ2v) is 6.44. The summed E-state index contributed by atoms with van der Waals surface area (Å²) < 4.78 is 0. The highest BCUT2D eigenvalue weighted by atomic mass is 16.2. The van der Waals surface area contributed by atoms with Gasteiger partial charge in [-0.05, 0) is 42.9 Å². The molecule has 2 amide bonds. The first kappa shape index (κ1) is 14.1.